The van der Waals surface area contributed by atoms with Gasteiger partial charge in [0.05, 0.1) is 0 Å². The van der Waals surface area contributed by atoms with E-state index in [4.69, 9.17) is 0 Å². The number of nitrogens with one attached hydrogen (secondary N) is 2. The van der Waals surface area contributed by atoms with Gasteiger partial charge in [-0.05, 0) is 60.6 Å². The van der Waals surface area contributed by atoms with E-state index >= 15 is 0 Å². The van der Waals surface area contributed by atoms with Gasteiger partial charge in [0.15, 0.2) is 0 Å². The fraction of sp³-hybridized carbons (Fsp3) is 0.375. The van der Waals surface area contributed by atoms with Gasteiger partial charge in [0.1, 0.15) is 0 Å². The van der Waals surface area contributed by atoms with Crippen LogP contribution in [0.5, 0.6) is 0 Å². The predicted molar refractivity (Wildman–Crippen MR) is 83.4 cm³/mol. The lowest BCUT2D eigenvalue weighted by atomic mass is 9.99. The number of hydrogen-bond acceptors (Lipinski definition) is 3. The minimum Gasteiger partial charge on any atom is -0.317 e. The molecule has 0 atom stereocenters. The highest BCUT2D eigenvalue weighted by atomic mass is 32.2. The van der Waals surface area contributed by atoms with Crippen LogP contribution in [-0.2, 0) is 0 Å². The Morgan fingerprint density at radius 3 is 2.74 bits per heavy atom. The summed E-state index contributed by atoms with van der Waals surface area (Å²) >= 11 is 1.77. The molecular formula is C16H20N2S. The first-order valence-electron chi connectivity index (χ1n) is 7.02. The summed E-state index contributed by atoms with van der Waals surface area (Å²) in [5.41, 5.74) is 0. The van der Waals surface area contributed by atoms with E-state index in [1.54, 1.807) is 11.9 Å². The van der Waals surface area contributed by atoms with Gasteiger partial charge in [0.25, 0.3) is 0 Å². The van der Waals surface area contributed by atoms with E-state index in [-0.39, 0.29) is 0 Å². The van der Waals surface area contributed by atoms with Gasteiger partial charge < -0.3 is 5.32 Å². The minimum atomic E-state index is 0.823. The van der Waals surface area contributed by atoms with Crippen molar-refractivity contribution in [2.45, 2.75) is 17.7 Å². The van der Waals surface area contributed by atoms with E-state index in [1.807, 2.05) is 0 Å². The van der Waals surface area contributed by atoms with Crippen molar-refractivity contribution in [3.8, 4) is 0 Å². The molecule has 1 heterocycles. The van der Waals surface area contributed by atoms with Crippen molar-refractivity contribution in [2.24, 2.45) is 5.92 Å². The largest absolute Gasteiger partial charge is 0.317 e. The van der Waals surface area contributed by atoms with Crippen molar-refractivity contribution in [1.82, 2.24) is 10.0 Å². The van der Waals surface area contributed by atoms with E-state index in [0.717, 1.165) is 12.5 Å². The fourth-order valence-corrected chi connectivity index (χ4v) is 3.52. The molecule has 0 radical (unpaired) electrons. The third-order valence-corrected chi connectivity index (χ3v) is 4.65. The number of fused-ring (bicyclic) bond motifs is 1. The predicted octanol–water partition coefficient (Wildman–Crippen LogP) is 3.44. The average molecular weight is 272 g/mol. The van der Waals surface area contributed by atoms with Crippen LogP contribution in [-0.4, -0.2) is 19.6 Å². The summed E-state index contributed by atoms with van der Waals surface area (Å²) in [6.45, 7) is 3.45. The maximum Gasteiger partial charge on any atom is 0.0306 e. The lowest BCUT2D eigenvalue weighted by Gasteiger charge is -2.22. The SMILES string of the molecule is c1ccc2c(SNCC3CCNCC3)cccc2c1. The molecule has 1 fully saturated rings. The van der Waals surface area contributed by atoms with Crippen LogP contribution in [0.15, 0.2) is 47.4 Å². The number of hydrogen-bond donors (Lipinski definition) is 2. The van der Waals surface area contributed by atoms with Crippen LogP contribution in [0.4, 0.5) is 0 Å². The van der Waals surface area contributed by atoms with Crippen molar-refractivity contribution in [3.63, 3.8) is 0 Å². The van der Waals surface area contributed by atoms with Gasteiger partial charge in [-0.3, -0.25) is 4.72 Å². The van der Waals surface area contributed by atoms with Gasteiger partial charge >= 0.3 is 0 Å². The molecule has 0 amide bonds. The second-order valence-corrected chi connectivity index (χ2v) is 6.05. The van der Waals surface area contributed by atoms with E-state index in [9.17, 15) is 0 Å². The molecule has 3 rings (SSSR count). The van der Waals surface area contributed by atoms with E-state index in [0.29, 0.717) is 0 Å². The summed E-state index contributed by atoms with van der Waals surface area (Å²) in [5.74, 6) is 0.823. The van der Waals surface area contributed by atoms with Crippen molar-refractivity contribution in [2.75, 3.05) is 19.6 Å². The molecule has 0 bridgehead atoms. The minimum absolute atomic E-state index is 0.823. The average Bonchev–Trinajstić information content (AvgIpc) is 2.49. The van der Waals surface area contributed by atoms with E-state index < -0.39 is 0 Å². The lowest BCUT2D eigenvalue weighted by molar-refractivity contribution is 0.376. The molecule has 0 unspecified atom stereocenters. The zero-order chi connectivity index (χ0) is 12.9. The van der Waals surface area contributed by atoms with Crippen LogP contribution in [0.25, 0.3) is 10.8 Å². The van der Waals surface area contributed by atoms with Gasteiger partial charge in [0.2, 0.25) is 0 Å². The molecule has 0 aromatic heterocycles. The number of piperidine rings is 1. The highest BCUT2D eigenvalue weighted by Crippen LogP contribution is 2.26. The Kier molecular flexibility index (Phi) is 4.38. The molecule has 1 aliphatic heterocycles. The molecule has 19 heavy (non-hydrogen) atoms. The quantitative estimate of drug-likeness (QED) is 0.834. The fourth-order valence-electron chi connectivity index (χ4n) is 2.61. The van der Waals surface area contributed by atoms with Crippen LogP contribution in [0.1, 0.15) is 12.8 Å². The maximum atomic E-state index is 3.55. The van der Waals surface area contributed by atoms with Crippen LogP contribution >= 0.6 is 11.9 Å². The second kappa shape index (κ2) is 6.42. The van der Waals surface area contributed by atoms with Crippen LogP contribution < -0.4 is 10.0 Å². The van der Waals surface area contributed by atoms with Crippen LogP contribution in [0.3, 0.4) is 0 Å². The molecule has 2 nitrogen and oxygen atoms in total. The third-order valence-electron chi connectivity index (χ3n) is 3.76. The Labute approximate surface area is 119 Å². The summed E-state index contributed by atoms with van der Waals surface area (Å²) in [6, 6.07) is 15.1. The molecule has 0 aliphatic carbocycles. The highest BCUT2D eigenvalue weighted by Gasteiger charge is 2.12. The Hall–Kier alpha value is -1.03. The van der Waals surface area contributed by atoms with Crippen LogP contribution in [0, 0.1) is 5.92 Å². The Bertz CT molecular complexity index is 530. The molecule has 2 aromatic rings. The zero-order valence-corrected chi connectivity index (χ0v) is 11.9. The number of rotatable bonds is 4. The highest BCUT2D eigenvalue weighted by molar-refractivity contribution is 7.97. The molecule has 1 aliphatic rings. The van der Waals surface area contributed by atoms with Crippen molar-refractivity contribution < 1.29 is 0 Å². The molecule has 3 heteroatoms. The maximum absolute atomic E-state index is 3.55. The molecule has 1 saturated heterocycles. The Morgan fingerprint density at radius 2 is 1.84 bits per heavy atom. The standard InChI is InChI=1S/C16H20N2S/c1-2-6-15-14(4-1)5-3-7-16(15)19-18-12-13-8-10-17-11-9-13/h1-7,13,17-18H,8-12H2. The summed E-state index contributed by atoms with van der Waals surface area (Å²) in [5, 5.41) is 6.07. The van der Waals surface area contributed by atoms with Crippen molar-refractivity contribution >= 4 is 22.7 Å². The van der Waals surface area contributed by atoms with Gasteiger partial charge in [-0.1, -0.05) is 36.4 Å². The molecule has 2 N–H and O–H groups in total. The van der Waals surface area contributed by atoms with E-state index in [1.165, 1.54) is 41.6 Å². The Balaban J connectivity index is 1.62. The van der Waals surface area contributed by atoms with Gasteiger partial charge in [0, 0.05) is 11.4 Å². The number of benzene rings is 2. The topological polar surface area (TPSA) is 24.1 Å². The third kappa shape index (κ3) is 3.30. The summed E-state index contributed by atoms with van der Waals surface area (Å²) in [4.78, 5) is 1.33. The summed E-state index contributed by atoms with van der Waals surface area (Å²) in [6.07, 6.45) is 2.59. The molecule has 0 saturated carbocycles. The molecule has 100 valence electrons. The van der Waals surface area contributed by atoms with Crippen molar-refractivity contribution in [3.05, 3.63) is 42.5 Å². The summed E-state index contributed by atoms with van der Waals surface area (Å²) in [7, 11) is 0. The normalized spacial score (nSPS) is 16.8. The van der Waals surface area contributed by atoms with Crippen molar-refractivity contribution in [1.29, 1.82) is 0 Å². The zero-order valence-electron chi connectivity index (χ0n) is 11.1. The van der Waals surface area contributed by atoms with Gasteiger partial charge in [-0.25, -0.2) is 0 Å². The first-order valence-corrected chi connectivity index (χ1v) is 7.83. The van der Waals surface area contributed by atoms with Gasteiger partial charge in [-0.15, -0.1) is 0 Å². The summed E-state index contributed by atoms with van der Waals surface area (Å²) < 4.78 is 3.55. The first kappa shape index (κ1) is 13.0. The Morgan fingerprint density at radius 1 is 1.05 bits per heavy atom. The lowest BCUT2D eigenvalue weighted by Crippen LogP contribution is -2.31. The monoisotopic (exact) mass is 272 g/mol. The first-order chi connectivity index (χ1) is 9.43. The molecular weight excluding hydrogens is 252 g/mol. The molecule has 0 spiro atoms. The molecule has 2 aromatic carbocycles. The van der Waals surface area contributed by atoms with Gasteiger partial charge in [-0.2, -0.15) is 0 Å². The van der Waals surface area contributed by atoms with E-state index in [2.05, 4.69) is 52.5 Å². The van der Waals surface area contributed by atoms with Crippen LogP contribution in [0.2, 0.25) is 0 Å². The second-order valence-electron chi connectivity index (χ2n) is 5.12. The smallest absolute Gasteiger partial charge is 0.0306 e.